The van der Waals surface area contributed by atoms with E-state index in [1.165, 1.54) is 45.1 Å². The third-order valence-electron chi connectivity index (χ3n) is 3.33. The Balaban J connectivity index is 1.80. The van der Waals surface area contributed by atoms with Gasteiger partial charge in [-0.15, -0.1) is 0 Å². The molecule has 0 saturated heterocycles. The Kier molecular flexibility index (Phi) is 7.87. The Labute approximate surface area is 101 Å². The maximum absolute atomic E-state index is 5.52. The lowest BCUT2D eigenvalue weighted by Crippen LogP contribution is -2.24. The highest BCUT2D eigenvalue weighted by molar-refractivity contribution is 4.66. The van der Waals surface area contributed by atoms with Gasteiger partial charge in [-0.2, -0.15) is 0 Å². The summed E-state index contributed by atoms with van der Waals surface area (Å²) in [7, 11) is 0. The van der Waals surface area contributed by atoms with Crippen molar-refractivity contribution in [2.24, 2.45) is 11.8 Å². The van der Waals surface area contributed by atoms with Gasteiger partial charge in [-0.1, -0.05) is 46.0 Å². The van der Waals surface area contributed by atoms with Crippen molar-refractivity contribution in [2.45, 2.75) is 52.4 Å². The maximum atomic E-state index is 5.52. The molecule has 0 aromatic carbocycles. The van der Waals surface area contributed by atoms with E-state index in [0.717, 1.165) is 25.7 Å². The standard InChI is InChI=1S/C14H29NO/c1-13(2)12-16-11-10-15-9-8-14-6-4-3-5-7-14/h13-15H,3-12H2,1-2H3. The van der Waals surface area contributed by atoms with Crippen LogP contribution < -0.4 is 5.32 Å². The number of nitrogens with one attached hydrogen (secondary N) is 1. The van der Waals surface area contributed by atoms with Crippen LogP contribution in [0.3, 0.4) is 0 Å². The number of rotatable bonds is 8. The van der Waals surface area contributed by atoms with Gasteiger partial charge in [0.2, 0.25) is 0 Å². The Morgan fingerprint density at radius 3 is 2.56 bits per heavy atom. The predicted octanol–water partition coefficient (Wildman–Crippen LogP) is 3.22. The summed E-state index contributed by atoms with van der Waals surface area (Å²) in [4.78, 5) is 0. The molecule has 2 heteroatoms. The molecule has 1 saturated carbocycles. The molecule has 0 bridgehead atoms. The van der Waals surface area contributed by atoms with Gasteiger partial charge in [-0.3, -0.25) is 0 Å². The molecule has 0 heterocycles. The van der Waals surface area contributed by atoms with Gasteiger partial charge in [0.1, 0.15) is 0 Å². The molecule has 16 heavy (non-hydrogen) atoms. The molecular formula is C14H29NO. The van der Waals surface area contributed by atoms with Crippen LogP contribution >= 0.6 is 0 Å². The molecule has 0 unspecified atom stereocenters. The zero-order valence-corrected chi connectivity index (χ0v) is 11.1. The normalized spacial score (nSPS) is 18.2. The Morgan fingerprint density at radius 2 is 1.88 bits per heavy atom. The van der Waals surface area contributed by atoms with Crippen molar-refractivity contribution < 1.29 is 4.74 Å². The maximum Gasteiger partial charge on any atom is 0.0591 e. The SMILES string of the molecule is CC(C)COCCNCCC1CCCCC1. The lowest BCUT2D eigenvalue weighted by atomic mass is 9.87. The first-order chi connectivity index (χ1) is 7.79. The van der Waals surface area contributed by atoms with Gasteiger partial charge in [0.25, 0.3) is 0 Å². The minimum atomic E-state index is 0.655. The molecule has 0 amide bonds. The largest absolute Gasteiger partial charge is 0.380 e. The third-order valence-corrected chi connectivity index (χ3v) is 3.33. The monoisotopic (exact) mass is 227 g/mol. The molecule has 0 aromatic heterocycles. The molecule has 1 N–H and O–H groups in total. The van der Waals surface area contributed by atoms with Crippen molar-refractivity contribution in [1.29, 1.82) is 0 Å². The van der Waals surface area contributed by atoms with Gasteiger partial charge in [-0.05, 0) is 24.8 Å². The van der Waals surface area contributed by atoms with Gasteiger partial charge in [0, 0.05) is 13.2 Å². The van der Waals surface area contributed by atoms with E-state index in [-0.39, 0.29) is 0 Å². The van der Waals surface area contributed by atoms with Crippen molar-refractivity contribution in [3.8, 4) is 0 Å². The summed E-state index contributed by atoms with van der Waals surface area (Å²) in [6.45, 7) is 8.33. The first kappa shape index (κ1) is 14.0. The fourth-order valence-electron chi connectivity index (χ4n) is 2.37. The first-order valence-electron chi connectivity index (χ1n) is 7.07. The summed E-state index contributed by atoms with van der Waals surface area (Å²) in [5.74, 6) is 1.65. The second-order valence-electron chi connectivity index (χ2n) is 5.51. The van der Waals surface area contributed by atoms with E-state index < -0.39 is 0 Å². The second kappa shape index (κ2) is 9.00. The molecular weight excluding hydrogens is 198 g/mol. The van der Waals surface area contributed by atoms with Crippen molar-refractivity contribution in [2.75, 3.05) is 26.3 Å². The summed E-state index contributed by atoms with van der Waals surface area (Å²) in [5.41, 5.74) is 0. The van der Waals surface area contributed by atoms with Gasteiger partial charge in [0.15, 0.2) is 0 Å². The average molecular weight is 227 g/mol. The molecule has 96 valence electrons. The summed E-state index contributed by atoms with van der Waals surface area (Å²) in [6, 6.07) is 0. The van der Waals surface area contributed by atoms with Crippen molar-refractivity contribution in [3.63, 3.8) is 0 Å². The average Bonchev–Trinajstić information content (AvgIpc) is 2.29. The van der Waals surface area contributed by atoms with Gasteiger partial charge in [-0.25, -0.2) is 0 Å². The smallest absolute Gasteiger partial charge is 0.0591 e. The Morgan fingerprint density at radius 1 is 1.12 bits per heavy atom. The van der Waals surface area contributed by atoms with Crippen molar-refractivity contribution in [1.82, 2.24) is 5.32 Å². The second-order valence-corrected chi connectivity index (χ2v) is 5.51. The van der Waals surface area contributed by atoms with Gasteiger partial charge >= 0.3 is 0 Å². The summed E-state index contributed by atoms with van der Waals surface area (Å²) in [5, 5.41) is 3.48. The van der Waals surface area contributed by atoms with E-state index in [9.17, 15) is 0 Å². The van der Waals surface area contributed by atoms with Crippen molar-refractivity contribution in [3.05, 3.63) is 0 Å². The summed E-state index contributed by atoms with van der Waals surface area (Å²) >= 11 is 0. The minimum absolute atomic E-state index is 0.655. The molecule has 2 nitrogen and oxygen atoms in total. The molecule has 0 aromatic rings. The predicted molar refractivity (Wildman–Crippen MR) is 69.7 cm³/mol. The van der Waals surface area contributed by atoms with E-state index in [4.69, 9.17) is 4.74 Å². The number of ether oxygens (including phenoxy) is 1. The fraction of sp³-hybridized carbons (Fsp3) is 1.00. The Bertz CT molecular complexity index is 153. The molecule has 1 aliphatic rings. The van der Waals surface area contributed by atoms with Crippen LogP contribution in [0.4, 0.5) is 0 Å². The van der Waals surface area contributed by atoms with Crippen LogP contribution in [0.25, 0.3) is 0 Å². The molecule has 1 rings (SSSR count). The highest BCUT2D eigenvalue weighted by Crippen LogP contribution is 2.25. The zero-order valence-electron chi connectivity index (χ0n) is 11.1. The van der Waals surface area contributed by atoms with Crippen LogP contribution in [-0.2, 0) is 4.74 Å². The lowest BCUT2D eigenvalue weighted by molar-refractivity contribution is 0.111. The van der Waals surface area contributed by atoms with Gasteiger partial charge < -0.3 is 10.1 Å². The number of hydrogen-bond donors (Lipinski definition) is 1. The molecule has 0 radical (unpaired) electrons. The number of hydrogen-bond acceptors (Lipinski definition) is 2. The van der Waals surface area contributed by atoms with E-state index in [1.54, 1.807) is 0 Å². The molecule has 1 fully saturated rings. The minimum Gasteiger partial charge on any atom is -0.380 e. The quantitative estimate of drug-likeness (QED) is 0.643. The lowest BCUT2D eigenvalue weighted by Gasteiger charge is -2.21. The third kappa shape index (κ3) is 7.24. The summed E-state index contributed by atoms with van der Waals surface area (Å²) in [6.07, 6.45) is 8.68. The summed E-state index contributed by atoms with van der Waals surface area (Å²) < 4.78 is 5.52. The van der Waals surface area contributed by atoms with Crippen LogP contribution in [-0.4, -0.2) is 26.3 Å². The zero-order chi connectivity index (χ0) is 11.6. The van der Waals surface area contributed by atoms with Crippen LogP contribution in [0.15, 0.2) is 0 Å². The van der Waals surface area contributed by atoms with E-state index in [1.807, 2.05) is 0 Å². The van der Waals surface area contributed by atoms with E-state index in [0.29, 0.717) is 5.92 Å². The first-order valence-corrected chi connectivity index (χ1v) is 7.07. The van der Waals surface area contributed by atoms with Crippen LogP contribution in [0.5, 0.6) is 0 Å². The van der Waals surface area contributed by atoms with Crippen LogP contribution in [0.1, 0.15) is 52.4 Å². The molecule has 0 aliphatic heterocycles. The topological polar surface area (TPSA) is 21.3 Å². The van der Waals surface area contributed by atoms with E-state index >= 15 is 0 Å². The van der Waals surface area contributed by atoms with Crippen LogP contribution in [0.2, 0.25) is 0 Å². The molecule has 0 atom stereocenters. The van der Waals surface area contributed by atoms with E-state index in [2.05, 4.69) is 19.2 Å². The van der Waals surface area contributed by atoms with Gasteiger partial charge in [0.05, 0.1) is 6.61 Å². The van der Waals surface area contributed by atoms with Crippen molar-refractivity contribution >= 4 is 0 Å². The highest BCUT2D eigenvalue weighted by Gasteiger charge is 2.12. The molecule has 1 aliphatic carbocycles. The van der Waals surface area contributed by atoms with Crippen LogP contribution in [0, 0.1) is 11.8 Å². The highest BCUT2D eigenvalue weighted by atomic mass is 16.5. The fourth-order valence-corrected chi connectivity index (χ4v) is 2.37. The molecule has 0 spiro atoms. The Hall–Kier alpha value is -0.0800.